The fourth-order valence-electron chi connectivity index (χ4n) is 1.27. The van der Waals surface area contributed by atoms with Crippen LogP contribution in [0.5, 0.6) is 0 Å². The lowest BCUT2D eigenvalue weighted by atomic mass is 10.2. The summed E-state index contributed by atoms with van der Waals surface area (Å²) >= 11 is 0.682. The van der Waals surface area contributed by atoms with E-state index in [9.17, 15) is 18.0 Å². The molecule has 0 saturated heterocycles. The molecule has 0 unspecified atom stereocenters. The van der Waals surface area contributed by atoms with E-state index < -0.39 is 11.1 Å². The molecular formula is C10H5F3OS. The fraction of sp³-hybridized carbons (Fsp3) is 0.100. The molecular weight excluding hydrogens is 225 g/mol. The van der Waals surface area contributed by atoms with Crippen LogP contribution in [0.1, 0.15) is 15.2 Å². The zero-order valence-corrected chi connectivity index (χ0v) is 8.15. The quantitative estimate of drug-likeness (QED) is 0.682. The van der Waals surface area contributed by atoms with Gasteiger partial charge in [0.1, 0.15) is 11.2 Å². The molecule has 0 aliphatic heterocycles. The molecule has 5 heteroatoms. The van der Waals surface area contributed by atoms with Gasteiger partial charge in [-0.1, -0.05) is 6.07 Å². The molecule has 1 aromatic heterocycles. The third-order valence-corrected chi connectivity index (χ3v) is 3.12. The standard InChI is InChI=1S/C10H5F3OS/c11-10(12,13)9-4-7-3-6(5-14)1-2-8(7)15-9/h1-5H. The van der Waals surface area contributed by atoms with Crippen molar-refractivity contribution in [2.45, 2.75) is 6.18 Å². The van der Waals surface area contributed by atoms with E-state index in [0.717, 1.165) is 6.07 Å². The number of fused-ring (bicyclic) bond motifs is 1. The maximum atomic E-state index is 12.3. The Bertz CT molecular complexity index is 513. The molecule has 0 aliphatic carbocycles. The molecule has 0 bridgehead atoms. The normalized spacial score (nSPS) is 11.9. The number of halogens is 3. The Morgan fingerprint density at radius 2 is 1.93 bits per heavy atom. The second-order valence-electron chi connectivity index (χ2n) is 3.02. The van der Waals surface area contributed by atoms with Gasteiger partial charge < -0.3 is 0 Å². The highest BCUT2D eigenvalue weighted by molar-refractivity contribution is 7.19. The largest absolute Gasteiger partial charge is 0.425 e. The molecule has 0 saturated carbocycles. The van der Waals surface area contributed by atoms with Crippen molar-refractivity contribution < 1.29 is 18.0 Å². The molecule has 2 rings (SSSR count). The minimum Gasteiger partial charge on any atom is -0.298 e. The zero-order chi connectivity index (χ0) is 11.1. The van der Waals surface area contributed by atoms with Crippen molar-refractivity contribution in [1.82, 2.24) is 0 Å². The Morgan fingerprint density at radius 1 is 1.20 bits per heavy atom. The van der Waals surface area contributed by atoms with Gasteiger partial charge in [-0.05, 0) is 23.6 Å². The number of aldehydes is 1. The maximum absolute atomic E-state index is 12.3. The summed E-state index contributed by atoms with van der Waals surface area (Å²) in [5, 5.41) is 0.455. The lowest BCUT2D eigenvalue weighted by Crippen LogP contribution is -2.00. The first-order valence-electron chi connectivity index (χ1n) is 4.06. The number of thiophene rings is 1. The van der Waals surface area contributed by atoms with Crippen LogP contribution in [-0.4, -0.2) is 6.29 Å². The highest BCUT2D eigenvalue weighted by Gasteiger charge is 2.32. The number of alkyl halides is 3. The van der Waals surface area contributed by atoms with Crippen LogP contribution in [0.4, 0.5) is 13.2 Å². The Hall–Kier alpha value is -1.36. The number of hydrogen-bond donors (Lipinski definition) is 0. The number of carbonyl (C=O) groups excluding carboxylic acids is 1. The fourth-order valence-corrected chi connectivity index (χ4v) is 2.19. The van der Waals surface area contributed by atoms with E-state index in [-0.39, 0.29) is 0 Å². The van der Waals surface area contributed by atoms with Crippen molar-refractivity contribution in [1.29, 1.82) is 0 Å². The highest BCUT2D eigenvalue weighted by atomic mass is 32.1. The van der Waals surface area contributed by atoms with Gasteiger partial charge in [-0.25, -0.2) is 0 Å². The van der Waals surface area contributed by atoms with Crippen LogP contribution >= 0.6 is 11.3 Å². The lowest BCUT2D eigenvalue weighted by Gasteiger charge is -1.99. The topological polar surface area (TPSA) is 17.1 Å². The van der Waals surface area contributed by atoms with Crippen LogP contribution in [0.2, 0.25) is 0 Å². The first-order valence-corrected chi connectivity index (χ1v) is 4.88. The van der Waals surface area contributed by atoms with Gasteiger partial charge in [-0.3, -0.25) is 4.79 Å². The van der Waals surface area contributed by atoms with Crippen LogP contribution in [0.3, 0.4) is 0 Å². The Balaban J connectivity index is 2.61. The molecule has 0 fully saturated rings. The van der Waals surface area contributed by atoms with Crippen molar-refractivity contribution in [3.05, 3.63) is 34.7 Å². The predicted octanol–water partition coefficient (Wildman–Crippen LogP) is 3.73. The second kappa shape index (κ2) is 3.34. The van der Waals surface area contributed by atoms with Crippen LogP contribution in [-0.2, 0) is 6.18 Å². The van der Waals surface area contributed by atoms with Gasteiger partial charge in [0.2, 0.25) is 0 Å². The molecule has 15 heavy (non-hydrogen) atoms. The molecule has 0 atom stereocenters. The molecule has 1 aromatic carbocycles. The average molecular weight is 230 g/mol. The second-order valence-corrected chi connectivity index (χ2v) is 4.11. The summed E-state index contributed by atoms with van der Waals surface area (Å²) in [6.45, 7) is 0. The molecule has 1 nitrogen and oxygen atoms in total. The summed E-state index contributed by atoms with van der Waals surface area (Å²) in [7, 11) is 0. The van der Waals surface area contributed by atoms with E-state index in [1.165, 1.54) is 18.2 Å². The van der Waals surface area contributed by atoms with Gasteiger partial charge >= 0.3 is 6.18 Å². The lowest BCUT2D eigenvalue weighted by molar-refractivity contribution is -0.134. The first kappa shape index (κ1) is 10.2. The van der Waals surface area contributed by atoms with Crippen molar-refractivity contribution >= 4 is 27.7 Å². The summed E-state index contributed by atoms with van der Waals surface area (Å²) in [6, 6.07) is 5.55. The minimum absolute atomic E-state index is 0.383. The van der Waals surface area contributed by atoms with Crippen LogP contribution in [0.25, 0.3) is 10.1 Å². The van der Waals surface area contributed by atoms with Crippen molar-refractivity contribution in [3.8, 4) is 0 Å². The van der Waals surface area contributed by atoms with Crippen molar-refractivity contribution in [3.63, 3.8) is 0 Å². The van der Waals surface area contributed by atoms with Crippen molar-refractivity contribution in [2.24, 2.45) is 0 Å². The molecule has 0 aliphatic rings. The molecule has 2 aromatic rings. The zero-order valence-electron chi connectivity index (χ0n) is 7.34. The van der Waals surface area contributed by atoms with E-state index in [1.54, 1.807) is 0 Å². The molecule has 0 amide bonds. The molecule has 1 heterocycles. The molecule has 0 N–H and O–H groups in total. The number of carbonyl (C=O) groups is 1. The third kappa shape index (κ3) is 1.87. The van der Waals surface area contributed by atoms with Gasteiger partial charge in [-0.15, -0.1) is 11.3 Å². The van der Waals surface area contributed by atoms with E-state index in [4.69, 9.17) is 0 Å². The average Bonchev–Trinajstić information content (AvgIpc) is 2.59. The first-order chi connectivity index (χ1) is 7.00. The summed E-state index contributed by atoms with van der Waals surface area (Å²) in [6.07, 6.45) is -3.70. The smallest absolute Gasteiger partial charge is 0.298 e. The van der Waals surface area contributed by atoms with Gasteiger partial charge in [0.05, 0.1) is 0 Å². The van der Waals surface area contributed by atoms with Crippen LogP contribution in [0.15, 0.2) is 24.3 Å². The molecule has 0 radical (unpaired) electrons. The SMILES string of the molecule is O=Cc1ccc2sc(C(F)(F)F)cc2c1. The number of benzene rings is 1. The maximum Gasteiger partial charge on any atom is 0.425 e. The van der Waals surface area contributed by atoms with Crippen molar-refractivity contribution in [2.75, 3.05) is 0 Å². The van der Waals surface area contributed by atoms with Gasteiger partial charge in [0.15, 0.2) is 0 Å². The van der Waals surface area contributed by atoms with Crippen LogP contribution < -0.4 is 0 Å². The summed E-state index contributed by atoms with van der Waals surface area (Å²) in [4.78, 5) is 9.80. The molecule has 0 spiro atoms. The number of rotatable bonds is 1. The van der Waals surface area contributed by atoms with Gasteiger partial charge in [-0.2, -0.15) is 13.2 Å². The summed E-state index contributed by atoms with van der Waals surface area (Å²) in [5.74, 6) is 0. The highest BCUT2D eigenvalue weighted by Crippen LogP contribution is 2.38. The van der Waals surface area contributed by atoms with Gasteiger partial charge in [0, 0.05) is 10.3 Å². The number of hydrogen-bond acceptors (Lipinski definition) is 2. The Kier molecular flexibility index (Phi) is 2.26. The summed E-state index contributed by atoms with van der Waals surface area (Å²) < 4.78 is 37.6. The van der Waals surface area contributed by atoms with Crippen LogP contribution in [0, 0.1) is 0 Å². The molecule has 78 valence electrons. The monoisotopic (exact) mass is 230 g/mol. The van der Waals surface area contributed by atoms with E-state index in [1.807, 2.05) is 0 Å². The minimum atomic E-state index is -4.31. The Morgan fingerprint density at radius 3 is 2.53 bits per heavy atom. The van der Waals surface area contributed by atoms with E-state index >= 15 is 0 Å². The third-order valence-electron chi connectivity index (χ3n) is 1.96. The van der Waals surface area contributed by atoms with E-state index in [0.29, 0.717) is 33.3 Å². The summed E-state index contributed by atoms with van der Waals surface area (Å²) in [5.41, 5.74) is 0.383. The van der Waals surface area contributed by atoms with E-state index in [2.05, 4.69) is 0 Å². The van der Waals surface area contributed by atoms with Gasteiger partial charge in [0.25, 0.3) is 0 Å². The Labute approximate surface area is 87.1 Å². The predicted molar refractivity (Wildman–Crippen MR) is 52.2 cm³/mol.